The maximum absolute atomic E-state index is 11.6. The van der Waals surface area contributed by atoms with Gasteiger partial charge in [0.1, 0.15) is 0 Å². The Balaban J connectivity index is 1.80. The third-order valence-corrected chi connectivity index (χ3v) is 3.78. The summed E-state index contributed by atoms with van der Waals surface area (Å²) in [7, 11) is 2.18. The number of hydrogen-bond acceptors (Lipinski definition) is 2. The first-order valence-corrected chi connectivity index (χ1v) is 6.04. The zero-order valence-electron chi connectivity index (χ0n) is 9.99. The largest absolute Gasteiger partial charge is 0.354 e. The van der Waals surface area contributed by atoms with Crippen LogP contribution >= 0.6 is 0 Å². The molecule has 1 aliphatic carbocycles. The highest BCUT2D eigenvalue weighted by molar-refractivity contribution is 5.76. The number of rotatable bonds is 3. The molecule has 3 nitrogen and oxygen atoms in total. The minimum atomic E-state index is 0.245. The first-order chi connectivity index (χ1) is 7.06. The summed E-state index contributed by atoms with van der Waals surface area (Å²) in [5.74, 6) is 2.48. The van der Waals surface area contributed by atoms with E-state index in [1.165, 1.54) is 19.5 Å². The van der Waals surface area contributed by atoms with Crippen LogP contribution in [0.1, 0.15) is 26.7 Å². The van der Waals surface area contributed by atoms with Gasteiger partial charge in [-0.2, -0.15) is 0 Å². The number of nitrogens with one attached hydrogen (secondary N) is 1. The Hall–Kier alpha value is -0.570. The number of amides is 1. The average Bonchev–Trinajstić information content (AvgIpc) is 2.13. The highest BCUT2D eigenvalue weighted by atomic mass is 16.1. The maximum atomic E-state index is 11.6. The van der Waals surface area contributed by atoms with E-state index in [9.17, 15) is 4.79 Å². The molecule has 3 fully saturated rings. The van der Waals surface area contributed by atoms with E-state index in [1.54, 1.807) is 0 Å². The Labute approximate surface area is 92.2 Å². The van der Waals surface area contributed by atoms with Gasteiger partial charge in [0.25, 0.3) is 0 Å². The van der Waals surface area contributed by atoms with Crippen molar-refractivity contribution in [1.82, 2.24) is 10.2 Å². The third kappa shape index (κ3) is 2.33. The minimum absolute atomic E-state index is 0.245. The molecule has 2 saturated heterocycles. The molecule has 2 aliphatic heterocycles. The fourth-order valence-electron chi connectivity index (χ4n) is 3.15. The zero-order chi connectivity index (χ0) is 11.0. The quantitative estimate of drug-likeness (QED) is 0.756. The van der Waals surface area contributed by atoms with E-state index in [-0.39, 0.29) is 11.9 Å². The van der Waals surface area contributed by atoms with E-state index in [0.29, 0.717) is 5.92 Å². The molecule has 2 heterocycles. The molecule has 3 aliphatic rings. The number of nitrogens with zero attached hydrogens (tertiary/aromatic N) is 1. The van der Waals surface area contributed by atoms with Crippen LogP contribution in [0.2, 0.25) is 0 Å². The monoisotopic (exact) mass is 210 g/mol. The summed E-state index contributed by atoms with van der Waals surface area (Å²) in [6.45, 7) is 6.42. The molecule has 1 amide bonds. The normalized spacial score (nSPS) is 35.1. The van der Waals surface area contributed by atoms with E-state index >= 15 is 0 Å². The van der Waals surface area contributed by atoms with E-state index in [4.69, 9.17) is 0 Å². The van der Waals surface area contributed by atoms with Gasteiger partial charge in [-0.15, -0.1) is 0 Å². The highest BCUT2D eigenvalue weighted by Crippen LogP contribution is 2.46. The van der Waals surface area contributed by atoms with Crippen molar-refractivity contribution >= 4 is 5.91 Å². The molecule has 2 atom stereocenters. The summed E-state index contributed by atoms with van der Waals surface area (Å²) in [5.41, 5.74) is 0. The number of carbonyl (C=O) groups is 1. The Morgan fingerprint density at radius 3 is 2.53 bits per heavy atom. The van der Waals surface area contributed by atoms with Crippen molar-refractivity contribution in [2.75, 3.05) is 20.1 Å². The molecule has 0 radical (unpaired) electrons. The minimum Gasteiger partial charge on any atom is -0.354 e. The van der Waals surface area contributed by atoms with Crippen LogP contribution in [0, 0.1) is 17.8 Å². The smallest absolute Gasteiger partial charge is 0.220 e. The summed E-state index contributed by atoms with van der Waals surface area (Å²) < 4.78 is 0. The van der Waals surface area contributed by atoms with Crippen molar-refractivity contribution in [2.24, 2.45) is 17.8 Å². The number of carbonyl (C=O) groups excluding carboxylic acids is 1. The second-order valence-electron chi connectivity index (χ2n) is 5.57. The Kier molecular flexibility index (Phi) is 3.01. The van der Waals surface area contributed by atoms with Crippen LogP contribution in [0.4, 0.5) is 0 Å². The maximum Gasteiger partial charge on any atom is 0.220 e. The first-order valence-electron chi connectivity index (χ1n) is 6.04. The lowest BCUT2D eigenvalue weighted by Gasteiger charge is -2.52. The van der Waals surface area contributed by atoms with Gasteiger partial charge in [-0.25, -0.2) is 0 Å². The molecule has 15 heavy (non-hydrogen) atoms. The van der Waals surface area contributed by atoms with Crippen LogP contribution in [-0.4, -0.2) is 37.0 Å². The lowest BCUT2D eigenvalue weighted by atomic mass is 9.60. The van der Waals surface area contributed by atoms with Gasteiger partial charge < -0.3 is 10.2 Å². The van der Waals surface area contributed by atoms with Crippen LogP contribution in [0.5, 0.6) is 0 Å². The predicted octanol–water partition coefficient (Wildman–Crippen LogP) is 1.10. The van der Waals surface area contributed by atoms with Gasteiger partial charge in [0.05, 0.1) is 0 Å². The molecule has 0 aromatic heterocycles. The second kappa shape index (κ2) is 4.12. The standard InChI is InChI=1S/C12H22N2O/c1-8(2)13-12(15)5-11-9-4-10(11)7-14(3)6-9/h8-11H,4-7H2,1-3H3,(H,13,15). The number of fused-ring (bicyclic) bond motifs is 2. The van der Waals surface area contributed by atoms with Crippen molar-refractivity contribution in [2.45, 2.75) is 32.7 Å². The van der Waals surface area contributed by atoms with Crippen molar-refractivity contribution in [3.8, 4) is 0 Å². The van der Waals surface area contributed by atoms with Gasteiger partial charge in [-0.3, -0.25) is 4.79 Å². The fraction of sp³-hybridized carbons (Fsp3) is 0.917. The molecule has 86 valence electrons. The van der Waals surface area contributed by atoms with Crippen LogP contribution in [-0.2, 0) is 4.79 Å². The summed E-state index contributed by atoms with van der Waals surface area (Å²) in [6.07, 6.45) is 2.10. The fourth-order valence-corrected chi connectivity index (χ4v) is 3.15. The molecular weight excluding hydrogens is 188 g/mol. The molecule has 1 saturated carbocycles. The topological polar surface area (TPSA) is 32.3 Å². The first kappa shape index (κ1) is 10.9. The van der Waals surface area contributed by atoms with Crippen LogP contribution in [0.25, 0.3) is 0 Å². The predicted molar refractivity (Wildman–Crippen MR) is 60.5 cm³/mol. The van der Waals surface area contributed by atoms with E-state index in [0.717, 1.165) is 18.3 Å². The molecule has 1 N–H and O–H groups in total. The number of piperidine rings is 2. The summed E-state index contributed by atoms with van der Waals surface area (Å²) in [6, 6.07) is 0.278. The van der Waals surface area contributed by atoms with Gasteiger partial charge in [0, 0.05) is 25.6 Å². The number of hydrogen-bond donors (Lipinski definition) is 1. The summed E-state index contributed by atoms with van der Waals surface area (Å²) >= 11 is 0. The summed E-state index contributed by atoms with van der Waals surface area (Å²) in [5, 5.41) is 2.99. The lowest BCUT2D eigenvalue weighted by molar-refractivity contribution is -0.127. The van der Waals surface area contributed by atoms with Crippen LogP contribution in [0.15, 0.2) is 0 Å². The SMILES string of the molecule is CC(C)NC(=O)CC1C2CC1CN(C)C2. The van der Waals surface area contributed by atoms with E-state index in [2.05, 4.69) is 17.3 Å². The molecule has 3 heteroatoms. The van der Waals surface area contributed by atoms with Crippen molar-refractivity contribution < 1.29 is 4.79 Å². The Morgan fingerprint density at radius 1 is 1.40 bits per heavy atom. The molecule has 3 rings (SSSR count). The van der Waals surface area contributed by atoms with Gasteiger partial charge in [0.2, 0.25) is 5.91 Å². The van der Waals surface area contributed by atoms with Gasteiger partial charge in [0.15, 0.2) is 0 Å². The Morgan fingerprint density at radius 2 is 2.00 bits per heavy atom. The molecule has 2 bridgehead atoms. The van der Waals surface area contributed by atoms with Gasteiger partial charge in [-0.05, 0) is 45.1 Å². The second-order valence-corrected chi connectivity index (χ2v) is 5.57. The molecule has 2 unspecified atom stereocenters. The summed E-state index contributed by atoms with van der Waals surface area (Å²) in [4.78, 5) is 14.0. The van der Waals surface area contributed by atoms with Crippen molar-refractivity contribution in [3.05, 3.63) is 0 Å². The van der Waals surface area contributed by atoms with Crippen molar-refractivity contribution in [1.29, 1.82) is 0 Å². The van der Waals surface area contributed by atoms with Crippen LogP contribution < -0.4 is 5.32 Å². The highest BCUT2D eigenvalue weighted by Gasteiger charge is 2.46. The van der Waals surface area contributed by atoms with Gasteiger partial charge in [-0.1, -0.05) is 0 Å². The molecule has 0 spiro atoms. The van der Waals surface area contributed by atoms with Gasteiger partial charge >= 0.3 is 0 Å². The third-order valence-electron chi connectivity index (χ3n) is 3.78. The average molecular weight is 210 g/mol. The molecule has 0 aromatic rings. The van der Waals surface area contributed by atoms with E-state index in [1.807, 2.05) is 13.8 Å². The van der Waals surface area contributed by atoms with Crippen molar-refractivity contribution in [3.63, 3.8) is 0 Å². The van der Waals surface area contributed by atoms with Crippen LogP contribution in [0.3, 0.4) is 0 Å². The zero-order valence-corrected chi connectivity index (χ0v) is 9.99. The Bertz CT molecular complexity index is 240. The molecular formula is C12H22N2O. The van der Waals surface area contributed by atoms with E-state index < -0.39 is 0 Å². The lowest BCUT2D eigenvalue weighted by Crippen LogP contribution is -2.55. The molecule has 0 aromatic carbocycles.